The zero-order chi connectivity index (χ0) is 15.0. The Kier molecular flexibility index (Phi) is 7.02. The van der Waals surface area contributed by atoms with Crippen molar-refractivity contribution in [3.8, 4) is 11.8 Å². The minimum Gasteiger partial charge on any atom is -0.489 e. The first-order valence-electron chi connectivity index (χ1n) is 6.73. The third kappa shape index (κ3) is 5.57. The van der Waals surface area contributed by atoms with Crippen molar-refractivity contribution in [3.63, 3.8) is 0 Å². The minimum absolute atomic E-state index is 0.101. The molecule has 0 aliphatic carbocycles. The van der Waals surface area contributed by atoms with Crippen LogP contribution in [0.15, 0.2) is 24.3 Å². The summed E-state index contributed by atoms with van der Waals surface area (Å²) in [5.41, 5.74) is 0.447. The van der Waals surface area contributed by atoms with E-state index < -0.39 is 12.2 Å². The Bertz CT molecular complexity index is 443. The lowest BCUT2D eigenvalue weighted by Gasteiger charge is -2.17. The van der Waals surface area contributed by atoms with Crippen LogP contribution in [0.1, 0.15) is 19.4 Å². The van der Waals surface area contributed by atoms with Gasteiger partial charge in [-0.1, -0.05) is 26.0 Å². The quantitative estimate of drug-likeness (QED) is 0.658. The van der Waals surface area contributed by atoms with E-state index in [4.69, 9.17) is 10.00 Å². The van der Waals surface area contributed by atoms with Gasteiger partial charge in [-0.15, -0.1) is 0 Å². The summed E-state index contributed by atoms with van der Waals surface area (Å²) < 4.78 is 5.42. The molecule has 0 spiro atoms. The highest BCUT2D eigenvalue weighted by Gasteiger charge is 2.11. The lowest BCUT2D eigenvalue weighted by atomic mass is 10.1. The third-order valence-corrected chi connectivity index (χ3v) is 2.94. The summed E-state index contributed by atoms with van der Waals surface area (Å²) in [5.74, 6) is 0.648. The molecule has 0 aliphatic heterocycles. The lowest BCUT2D eigenvalue weighted by molar-refractivity contribution is 0.0907. The van der Waals surface area contributed by atoms with Gasteiger partial charge in [0.1, 0.15) is 24.5 Å². The molecule has 20 heavy (non-hydrogen) atoms. The maximum absolute atomic E-state index is 9.77. The molecule has 0 saturated heterocycles. The maximum Gasteiger partial charge on any atom is 0.137 e. The molecule has 1 aromatic rings. The Morgan fingerprint density at radius 2 is 1.95 bits per heavy atom. The van der Waals surface area contributed by atoms with Gasteiger partial charge in [0.25, 0.3) is 0 Å². The van der Waals surface area contributed by atoms with Crippen LogP contribution in [-0.4, -0.2) is 42.1 Å². The molecular weight excluding hydrogens is 256 g/mol. The number of aliphatic hydroxyl groups is 2. The molecule has 0 bridgehead atoms. The fraction of sp³-hybridized carbons (Fsp3) is 0.533. The number of benzene rings is 1. The van der Waals surface area contributed by atoms with Crippen molar-refractivity contribution >= 4 is 0 Å². The van der Waals surface area contributed by atoms with Crippen molar-refractivity contribution in [2.45, 2.75) is 26.1 Å². The highest BCUT2D eigenvalue weighted by molar-refractivity contribution is 5.42. The summed E-state index contributed by atoms with van der Waals surface area (Å²) in [6.07, 6.45) is -1.12. The van der Waals surface area contributed by atoms with Gasteiger partial charge in [0, 0.05) is 13.1 Å². The highest BCUT2D eigenvalue weighted by Crippen LogP contribution is 2.16. The number of hydrogen-bond donors (Lipinski definition) is 3. The number of aliphatic hydroxyl groups excluding tert-OH is 2. The third-order valence-electron chi connectivity index (χ3n) is 2.94. The number of rotatable bonds is 8. The van der Waals surface area contributed by atoms with E-state index >= 15 is 0 Å². The summed E-state index contributed by atoms with van der Waals surface area (Å²) in [5, 5.41) is 31.3. The molecule has 2 unspecified atom stereocenters. The van der Waals surface area contributed by atoms with Crippen molar-refractivity contribution in [1.82, 2.24) is 5.32 Å². The fourth-order valence-corrected chi connectivity index (χ4v) is 1.56. The molecule has 0 amide bonds. The first kappa shape index (κ1) is 16.4. The maximum atomic E-state index is 9.77. The first-order valence-corrected chi connectivity index (χ1v) is 6.73. The summed E-state index contributed by atoms with van der Waals surface area (Å²) in [4.78, 5) is 0. The molecule has 2 atom stereocenters. The number of para-hydroxylation sites is 1. The number of nitrogens with zero attached hydrogens (tertiary/aromatic N) is 1. The summed E-state index contributed by atoms with van der Waals surface area (Å²) in [7, 11) is 0. The van der Waals surface area contributed by atoms with Crippen molar-refractivity contribution in [3.05, 3.63) is 29.8 Å². The van der Waals surface area contributed by atoms with Gasteiger partial charge in [-0.3, -0.25) is 0 Å². The fourth-order valence-electron chi connectivity index (χ4n) is 1.56. The summed E-state index contributed by atoms with van der Waals surface area (Å²) in [6.45, 7) is 4.74. The van der Waals surface area contributed by atoms with E-state index in [2.05, 4.69) is 5.32 Å². The van der Waals surface area contributed by atoms with E-state index in [1.807, 2.05) is 19.9 Å². The Hall–Kier alpha value is -1.61. The van der Waals surface area contributed by atoms with Crippen LogP contribution in [-0.2, 0) is 0 Å². The topological polar surface area (TPSA) is 85.5 Å². The molecule has 0 heterocycles. The van der Waals surface area contributed by atoms with Crippen molar-refractivity contribution in [2.75, 3.05) is 19.7 Å². The second kappa shape index (κ2) is 8.54. The van der Waals surface area contributed by atoms with Gasteiger partial charge in [-0.2, -0.15) is 5.26 Å². The molecule has 0 fully saturated rings. The lowest BCUT2D eigenvalue weighted by Crippen LogP contribution is -2.37. The van der Waals surface area contributed by atoms with Crippen LogP contribution < -0.4 is 10.1 Å². The normalized spacial score (nSPS) is 13.8. The number of hydrogen-bond acceptors (Lipinski definition) is 5. The smallest absolute Gasteiger partial charge is 0.137 e. The molecule has 0 radical (unpaired) electrons. The largest absolute Gasteiger partial charge is 0.489 e. The molecule has 5 heteroatoms. The van der Waals surface area contributed by atoms with Gasteiger partial charge in [0.15, 0.2) is 0 Å². The van der Waals surface area contributed by atoms with E-state index in [1.165, 1.54) is 0 Å². The minimum atomic E-state index is -0.693. The second-order valence-corrected chi connectivity index (χ2v) is 5.04. The van der Waals surface area contributed by atoms with Gasteiger partial charge >= 0.3 is 0 Å². The zero-order valence-corrected chi connectivity index (χ0v) is 11.9. The molecule has 0 saturated carbocycles. The predicted molar refractivity (Wildman–Crippen MR) is 76.4 cm³/mol. The SMILES string of the molecule is CC(C)C(O)CNCC(O)COc1ccccc1C#N. The Morgan fingerprint density at radius 3 is 2.60 bits per heavy atom. The molecule has 1 rings (SSSR count). The van der Waals surface area contributed by atoms with Crippen LogP contribution in [0.4, 0.5) is 0 Å². The molecular formula is C15H22N2O3. The van der Waals surface area contributed by atoms with Gasteiger partial charge < -0.3 is 20.3 Å². The van der Waals surface area contributed by atoms with Crippen LogP contribution in [0.25, 0.3) is 0 Å². The van der Waals surface area contributed by atoms with Crippen LogP contribution in [0.3, 0.4) is 0 Å². The number of ether oxygens (including phenoxy) is 1. The number of nitriles is 1. The van der Waals surface area contributed by atoms with Crippen LogP contribution >= 0.6 is 0 Å². The Balaban J connectivity index is 2.30. The summed E-state index contributed by atoms with van der Waals surface area (Å²) in [6, 6.07) is 8.93. The number of nitrogens with one attached hydrogen (secondary N) is 1. The van der Waals surface area contributed by atoms with Gasteiger partial charge in [0.05, 0.1) is 11.7 Å². The molecule has 3 N–H and O–H groups in total. The zero-order valence-electron chi connectivity index (χ0n) is 11.9. The molecule has 1 aromatic carbocycles. The highest BCUT2D eigenvalue weighted by atomic mass is 16.5. The molecule has 0 aromatic heterocycles. The van der Waals surface area contributed by atoms with Crippen molar-refractivity contribution < 1.29 is 14.9 Å². The van der Waals surface area contributed by atoms with Crippen molar-refractivity contribution in [2.24, 2.45) is 5.92 Å². The van der Waals surface area contributed by atoms with Gasteiger partial charge in [-0.25, -0.2) is 0 Å². The first-order chi connectivity index (χ1) is 9.54. The molecule has 0 aliphatic rings. The Morgan fingerprint density at radius 1 is 1.25 bits per heavy atom. The van der Waals surface area contributed by atoms with Crippen LogP contribution in [0.2, 0.25) is 0 Å². The summed E-state index contributed by atoms with van der Waals surface area (Å²) >= 11 is 0. The van der Waals surface area contributed by atoms with E-state index in [-0.39, 0.29) is 12.5 Å². The van der Waals surface area contributed by atoms with Crippen LogP contribution in [0.5, 0.6) is 5.75 Å². The van der Waals surface area contributed by atoms with Gasteiger partial charge in [0.2, 0.25) is 0 Å². The molecule has 110 valence electrons. The monoisotopic (exact) mass is 278 g/mol. The van der Waals surface area contributed by atoms with Gasteiger partial charge in [-0.05, 0) is 18.1 Å². The van der Waals surface area contributed by atoms with E-state index in [0.717, 1.165) is 0 Å². The average Bonchev–Trinajstić information content (AvgIpc) is 2.45. The molecule has 5 nitrogen and oxygen atoms in total. The van der Waals surface area contributed by atoms with E-state index in [0.29, 0.717) is 24.4 Å². The van der Waals surface area contributed by atoms with Crippen molar-refractivity contribution in [1.29, 1.82) is 5.26 Å². The second-order valence-electron chi connectivity index (χ2n) is 5.04. The Labute approximate surface area is 119 Å². The van der Waals surface area contributed by atoms with E-state index in [1.54, 1.807) is 24.3 Å². The average molecular weight is 278 g/mol. The standard InChI is InChI=1S/C15H22N2O3/c1-11(2)14(19)9-17-8-13(18)10-20-15-6-4-3-5-12(15)7-16/h3-6,11,13-14,17-19H,8-10H2,1-2H3. The predicted octanol–water partition coefficient (Wildman–Crippen LogP) is 0.904. The van der Waals surface area contributed by atoms with Crippen LogP contribution in [0, 0.1) is 17.2 Å². The van der Waals surface area contributed by atoms with E-state index in [9.17, 15) is 10.2 Å².